The Morgan fingerprint density at radius 1 is 1.38 bits per heavy atom. The summed E-state index contributed by atoms with van der Waals surface area (Å²) in [6.45, 7) is 3.66. The zero-order chi connectivity index (χ0) is 15.5. The van der Waals surface area contributed by atoms with Gasteiger partial charge in [0.1, 0.15) is 11.9 Å². The van der Waals surface area contributed by atoms with Crippen molar-refractivity contribution in [3.05, 3.63) is 28.7 Å². The summed E-state index contributed by atoms with van der Waals surface area (Å²) >= 11 is 5.34. The molecule has 0 bridgehead atoms. The molecule has 1 aromatic rings. The minimum absolute atomic E-state index is 0.0495. The number of nitrogens with one attached hydrogen (secondary N) is 2. The quantitative estimate of drug-likeness (QED) is 0.417. The van der Waals surface area contributed by atoms with Gasteiger partial charge in [0.05, 0.1) is 11.0 Å². The second-order valence-electron chi connectivity index (χ2n) is 4.59. The number of para-hydroxylation sites is 1. The summed E-state index contributed by atoms with van der Waals surface area (Å²) in [6.07, 6.45) is 3.30. The first-order valence-corrected chi connectivity index (χ1v) is 9.20. The van der Waals surface area contributed by atoms with Crippen molar-refractivity contribution in [1.29, 1.82) is 0 Å². The van der Waals surface area contributed by atoms with E-state index in [2.05, 4.69) is 37.8 Å². The van der Waals surface area contributed by atoms with Crippen molar-refractivity contribution >= 4 is 33.7 Å². The second-order valence-corrected chi connectivity index (χ2v) is 6.43. The molecule has 6 heteroatoms. The fraction of sp³-hybridized carbons (Fsp3) is 0.533. The molecule has 0 aliphatic carbocycles. The van der Waals surface area contributed by atoms with E-state index in [9.17, 15) is 0 Å². The lowest BCUT2D eigenvalue weighted by Crippen LogP contribution is -2.42. The molecule has 0 aliphatic rings. The van der Waals surface area contributed by atoms with Gasteiger partial charge in [-0.05, 0) is 53.4 Å². The normalized spacial score (nSPS) is 12.9. The predicted octanol–water partition coefficient (Wildman–Crippen LogP) is 3.13. The van der Waals surface area contributed by atoms with Crippen molar-refractivity contribution < 1.29 is 4.74 Å². The maximum atomic E-state index is 5.89. The van der Waals surface area contributed by atoms with Gasteiger partial charge in [0.25, 0.3) is 0 Å². The SMILES string of the molecule is CN=C(NCCCSC)NCC(C)Oc1ccccc1Br. The first kappa shape index (κ1) is 18.2. The molecular formula is C15H24BrN3OS. The molecule has 0 radical (unpaired) electrons. The van der Waals surface area contributed by atoms with Crippen molar-refractivity contribution in [2.75, 3.05) is 32.1 Å². The molecule has 0 aliphatic heterocycles. The molecule has 1 atom stereocenters. The van der Waals surface area contributed by atoms with E-state index in [0.717, 1.165) is 34.9 Å². The number of aliphatic imine (C=N–C) groups is 1. The van der Waals surface area contributed by atoms with Crippen LogP contribution in [0.3, 0.4) is 0 Å². The standard InChI is InChI=1S/C15H24BrN3OS/c1-12(20-14-8-5-4-7-13(14)16)11-19-15(17-2)18-9-6-10-21-3/h4-5,7-8,12H,6,9-11H2,1-3H3,(H2,17,18,19). The van der Waals surface area contributed by atoms with E-state index < -0.39 is 0 Å². The highest BCUT2D eigenvalue weighted by atomic mass is 79.9. The maximum absolute atomic E-state index is 5.89. The monoisotopic (exact) mass is 373 g/mol. The fourth-order valence-electron chi connectivity index (χ4n) is 1.68. The van der Waals surface area contributed by atoms with E-state index in [1.807, 2.05) is 43.0 Å². The van der Waals surface area contributed by atoms with Crippen LogP contribution in [0.1, 0.15) is 13.3 Å². The lowest BCUT2D eigenvalue weighted by Gasteiger charge is -2.18. The molecule has 0 fully saturated rings. The molecule has 0 saturated heterocycles. The molecule has 4 nitrogen and oxygen atoms in total. The van der Waals surface area contributed by atoms with Gasteiger partial charge in [-0.1, -0.05) is 12.1 Å². The number of hydrogen-bond donors (Lipinski definition) is 2. The first-order chi connectivity index (χ1) is 10.2. The van der Waals surface area contributed by atoms with Crippen LogP contribution in [0.15, 0.2) is 33.7 Å². The molecule has 2 N–H and O–H groups in total. The number of halogens is 1. The van der Waals surface area contributed by atoms with Crippen molar-refractivity contribution in [2.24, 2.45) is 4.99 Å². The molecule has 0 saturated carbocycles. The largest absolute Gasteiger partial charge is 0.488 e. The molecular weight excluding hydrogens is 350 g/mol. The molecule has 1 unspecified atom stereocenters. The molecule has 0 amide bonds. The summed E-state index contributed by atoms with van der Waals surface area (Å²) < 4.78 is 6.86. The third-order valence-corrected chi connectivity index (χ3v) is 4.12. The van der Waals surface area contributed by atoms with Crippen LogP contribution in [0.4, 0.5) is 0 Å². The average molecular weight is 374 g/mol. The second kappa shape index (κ2) is 10.8. The molecule has 1 aromatic carbocycles. The lowest BCUT2D eigenvalue weighted by molar-refractivity contribution is 0.222. The number of ether oxygens (including phenoxy) is 1. The Morgan fingerprint density at radius 3 is 2.81 bits per heavy atom. The number of thioether (sulfide) groups is 1. The van der Waals surface area contributed by atoms with Gasteiger partial charge in [0, 0.05) is 13.6 Å². The van der Waals surface area contributed by atoms with Crippen molar-refractivity contribution in [3.8, 4) is 5.75 Å². The minimum atomic E-state index is 0.0495. The predicted molar refractivity (Wildman–Crippen MR) is 96.6 cm³/mol. The van der Waals surface area contributed by atoms with E-state index in [4.69, 9.17) is 4.74 Å². The highest BCUT2D eigenvalue weighted by molar-refractivity contribution is 9.10. The Hall–Kier alpha value is -0.880. The third kappa shape index (κ3) is 7.62. The molecule has 118 valence electrons. The number of rotatable bonds is 8. The van der Waals surface area contributed by atoms with Crippen LogP contribution in [0.25, 0.3) is 0 Å². The van der Waals surface area contributed by atoms with Crippen LogP contribution in [0.2, 0.25) is 0 Å². The first-order valence-electron chi connectivity index (χ1n) is 7.02. The van der Waals surface area contributed by atoms with E-state index in [0.29, 0.717) is 6.54 Å². The van der Waals surface area contributed by atoms with Gasteiger partial charge < -0.3 is 15.4 Å². The van der Waals surface area contributed by atoms with Gasteiger partial charge in [-0.15, -0.1) is 0 Å². The Labute approximate surface area is 140 Å². The molecule has 21 heavy (non-hydrogen) atoms. The highest BCUT2D eigenvalue weighted by Crippen LogP contribution is 2.24. The molecule has 1 rings (SSSR count). The van der Waals surface area contributed by atoms with Gasteiger partial charge in [0.15, 0.2) is 5.96 Å². The Kier molecular flexibility index (Phi) is 9.34. The van der Waals surface area contributed by atoms with Crippen LogP contribution >= 0.6 is 27.7 Å². The van der Waals surface area contributed by atoms with Crippen LogP contribution in [-0.4, -0.2) is 44.2 Å². The minimum Gasteiger partial charge on any atom is -0.488 e. The zero-order valence-corrected chi connectivity index (χ0v) is 15.3. The lowest BCUT2D eigenvalue weighted by atomic mass is 10.3. The number of guanidine groups is 1. The molecule has 0 heterocycles. The van der Waals surface area contributed by atoms with E-state index >= 15 is 0 Å². The third-order valence-electron chi connectivity index (χ3n) is 2.76. The fourth-order valence-corrected chi connectivity index (χ4v) is 2.49. The maximum Gasteiger partial charge on any atom is 0.191 e. The summed E-state index contributed by atoms with van der Waals surface area (Å²) in [6, 6.07) is 7.87. The van der Waals surface area contributed by atoms with Crippen LogP contribution < -0.4 is 15.4 Å². The van der Waals surface area contributed by atoms with Crippen LogP contribution in [0.5, 0.6) is 5.75 Å². The van der Waals surface area contributed by atoms with Crippen LogP contribution in [-0.2, 0) is 0 Å². The van der Waals surface area contributed by atoms with E-state index in [-0.39, 0.29) is 6.10 Å². The highest BCUT2D eigenvalue weighted by Gasteiger charge is 2.07. The Balaban J connectivity index is 2.31. The van der Waals surface area contributed by atoms with Gasteiger partial charge in [-0.25, -0.2) is 0 Å². The van der Waals surface area contributed by atoms with E-state index in [1.54, 1.807) is 7.05 Å². The van der Waals surface area contributed by atoms with E-state index in [1.165, 1.54) is 0 Å². The molecule has 0 spiro atoms. The number of nitrogens with zero attached hydrogens (tertiary/aromatic N) is 1. The zero-order valence-electron chi connectivity index (χ0n) is 12.9. The smallest absolute Gasteiger partial charge is 0.191 e. The van der Waals surface area contributed by atoms with Gasteiger partial charge in [-0.2, -0.15) is 11.8 Å². The van der Waals surface area contributed by atoms with Gasteiger partial charge >= 0.3 is 0 Å². The van der Waals surface area contributed by atoms with Crippen molar-refractivity contribution in [1.82, 2.24) is 10.6 Å². The summed E-state index contributed by atoms with van der Waals surface area (Å²) in [7, 11) is 1.78. The van der Waals surface area contributed by atoms with Gasteiger partial charge in [0.2, 0.25) is 0 Å². The molecule has 0 aromatic heterocycles. The van der Waals surface area contributed by atoms with Gasteiger partial charge in [-0.3, -0.25) is 4.99 Å². The Morgan fingerprint density at radius 2 is 2.14 bits per heavy atom. The topological polar surface area (TPSA) is 45.7 Å². The van der Waals surface area contributed by atoms with Crippen molar-refractivity contribution in [2.45, 2.75) is 19.4 Å². The summed E-state index contributed by atoms with van der Waals surface area (Å²) in [5.74, 6) is 2.83. The summed E-state index contributed by atoms with van der Waals surface area (Å²) in [5, 5.41) is 6.57. The summed E-state index contributed by atoms with van der Waals surface area (Å²) in [5.41, 5.74) is 0. The van der Waals surface area contributed by atoms with Crippen molar-refractivity contribution in [3.63, 3.8) is 0 Å². The number of hydrogen-bond acceptors (Lipinski definition) is 3. The Bertz CT molecular complexity index is 443. The average Bonchev–Trinajstić information content (AvgIpc) is 2.49. The van der Waals surface area contributed by atoms with Crippen LogP contribution in [0, 0.1) is 0 Å². The summed E-state index contributed by atoms with van der Waals surface area (Å²) in [4.78, 5) is 4.21. The number of benzene rings is 1.